The average Bonchev–Trinajstić information content (AvgIpc) is 3.09. The molecule has 9 heteroatoms. The predicted octanol–water partition coefficient (Wildman–Crippen LogP) is 5.39. The maximum atomic E-state index is 13.1. The lowest BCUT2D eigenvalue weighted by atomic mass is 9.88. The molecule has 236 valence electrons. The molecule has 2 fully saturated rings. The number of rotatable bonds is 11. The fraction of sp³-hybridized carbons (Fsp3) is 0.417. The van der Waals surface area contributed by atoms with Crippen molar-refractivity contribution in [2.45, 2.75) is 58.0 Å². The van der Waals surface area contributed by atoms with Crippen LogP contribution >= 0.6 is 0 Å². The Bertz CT molecular complexity index is 1470. The first-order valence-electron chi connectivity index (χ1n) is 16.0. The minimum Gasteiger partial charge on any atom is -0.497 e. The molecular formula is C36H43N5O4. The van der Waals surface area contributed by atoms with Crippen molar-refractivity contribution in [3.05, 3.63) is 94.8 Å². The van der Waals surface area contributed by atoms with E-state index < -0.39 is 0 Å². The van der Waals surface area contributed by atoms with Crippen LogP contribution in [-0.4, -0.2) is 77.4 Å². The SMILES string of the molecule is CCCC(=N)c1ccc(CN2CCC(NC(=O)c3ccc(C(=O)N4CCC(C(=O)c5ccc(OC)cc5)CC4)cn3)CC2)cc1. The largest absolute Gasteiger partial charge is 0.497 e. The third-order valence-electron chi connectivity index (χ3n) is 8.90. The van der Waals surface area contributed by atoms with E-state index in [9.17, 15) is 14.4 Å². The van der Waals surface area contributed by atoms with E-state index >= 15 is 0 Å². The van der Waals surface area contributed by atoms with Crippen LogP contribution in [0.3, 0.4) is 0 Å². The lowest BCUT2D eigenvalue weighted by molar-refractivity contribution is 0.0649. The molecule has 2 amide bonds. The summed E-state index contributed by atoms with van der Waals surface area (Å²) in [6.45, 7) is 5.73. The summed E-state index contributed by atoms with van der Waals surface area (Å²) in [6, 6.07) is 18.8. The summed E-state index contributed by atoms with van der Waals surface area (Å²) in [7, 11) is 1.60. The van der Waals surface area contributed by atoms with Crippen molar-refractivity contribution < 1.29 is 19.1 Å². The molecule has 9 nitrogen and oxygen atoms in total. The van der Waals surface area contributed by atoms with Crippen molar-refractivity contribution in [2.24, 2.45) is 5.92 Å². The summed E-state index contributed by atoms with van der Waals surface area (Å²) in [5.41, 5.74) is 4.31. The van der Waals surface area contributed by atoms with Crippen LogP contribution in [0.15, 0.2) is 66.9 Å². The number of ketones is 1. The predicted molar refractivity (Wildman–Crippen MR) is 174 cm³/mol. The normalized spacial score (nSPS) is 16.3. The van der Waals surface area contributed by atoms with Gasteiger partial charge in [-0.15, -0.1) is 0 Å². The smallest absolute Gasteiger partial charge is 0.270 e. The molecule has 0 bridgehead atoms. The van der Waals surface area contributed by atoms with Crippen LogP contribution in [0.5, 0.6) is 5.75 Å². The third kappa shape index (κ3) is 8.22. The van der Waals surface area contributed by atoms with Gasteiger partial charge in [0, 0.05) is 62.2 Å². The minimum absolute atomic E-state index is 0.0793. The molecule has 3 aromatic rings. The molecule has 2 saturated heterocycles. The summed E-state index contributed by atoms with van der Waals surface area (Å²) in [5.74, 6) is 0.339. The first kappa shape index (κ1) is 32.0. The number of benzene rings is 2. The number of nitrogens with one attached hydrogen (secondary N) is 2. The number of hydrogen-bond donors (Lipinski definition) is 2. The summed E-state index contributed by atoms with van der Waals surface area (Å²) in [6.07, 6.45) is 6.19. The van der Waals surface area contributed by atoms with E-state index in [4.69, 9.17) is 10.1 Å². The van der Waals surface area contributed by atoms with Crippen LogP contribution in [0.2, 0.25) is 0 Å². The number of likely N-dealkylation sites (tertiary alicyclic amines) is 2. The highest BCUT2D eigenvalue weighted by molar-refractivity contribution is 5.99. The molecule has 0 atom stereocenters. The van der Waals surface area contributed by atoms with Gasteiger partial charge in [0.15, 0.2) is 5.78 Å². The van der Waals surface area contributed by atoms with Crippen molar-refractivity contribution in [3.63, 3.8) is 0 Å². The topological polar surface area (TPSA) is 116 Å². The van der Waals surface area contributed by atoms with Crippen LogP contribution < -0.4 is 10.1 Å². The van der Waals surface area contributed by atoms with E-state index in [0.29, 0.717) is 54.2 Å². The van der Waals surface area contributed by atoms with Crippen molar-refractivity contribution in [1.82, 2.24) is 20.1 Å². The number of amides is 2. The summed E-state index contributed by atoms with van der Waals surface area (Å²) >= 11 is 0. The third-order valence-corrected chi connectivity index (χ3v) is 8.90. The zero-order valence-corrected chi connectivity index (χ0v) is 26.3. The van der Waals surface area contributed by atoms with Crippen LogP contribution in [0, 0.1) is 11.3 Å². The number of carbonyl (C=O) groups is 3. The Morgan fingerprint density at radius 1 is 0.867 bits per heavy atom. The van der Waals surface area contributed by atoms with Gasteiger partial charge in [-0.05, 0) is 79.6 Å². The fourth-order valence-electron chi connectivity index (χ4n) is 6.13. The summed E-state index contributed by atoms with van der Waals surface area (Å²) in [4.78, 5) is 47.4. The second kappa shape index (κ2) is 15.1. The van der Waals surface area contributed by atoms with Crippen molar-refractivity contribution >= 4 is 23.3 Å². The Morgan fingerprint density at radius 2 is 1.51 bits per heavy atom. The molecule has 3 heterocycles. The molecule has 1 aromatic heterocycles. The number of methoxy groups -OCH3 is 1. The fourth-order valence-corrected chi connectivity index (χ4v) is 6.13. The number of pyridine rings is 1. The molecule has 0 saturated carbocycles. The van der Waals surface area contributed by atoms with Crippen LogP contribution in [0.25, 0.3) is 0 Å². The Morgan fingerprint density at radius 3 is 2.11 bits per heavy atom. The van der Waals surface area contributed by atoms with Gasteiger partial charge in [-0.1, -0.05) is 37.6 Å². The lowest BCUT2D eigenvalue weighted by Gasteiger charge is -2.32. The molecule has 0 aliphatic carbocycles. The van der Waals surface area contributed by atoms with E-state index in [1.807, 2.05) is 12.1 Å². The van der Waals surface area contributed by atoms with E-state index in [2.05, 4.69) is 34.3 Å². The standard InChI is InChI=1S/C36H43N5O4/c1-3-4-32(37)26-7-5-25(6-8-26)24-40-19-17-30(18-20-40)39-35(43)33-14-11-29(23-38-33)36(44)41-21-15-28(16-22-41)34(42)27-9-12-31(45-2)13-10-27/h5-14,23,28,30,37H,3-4,15-22,24H2,1-2H3,(H,39,43). The Labute approximate surface area is 265 Å². The molecule has 2 aliphatic rings. The Balaban J connectivity index is 1.05. The molecule has 2 N–H and O–H groups in total. The maximum Gasteiger partial charge on any atom is 0.270 e. The van der Waals surface area contributed by atoms with Gasteiger partial charge in [0.1, 0.15) is 11.4 Å². The first-order chi connectivity index (χ1) is 21.8. The van der Waals surface area contributed by atoms with Gasteiger partial charge in [-0.2, -0.15) is 0 Å². The number of Topliss-reactive ketones (excluding diaryl/α,β-unsaturated/α-hetero) is 1. The van der Waals surface area contributed by atoms with E-state index in [1.54, 1.807) is 48.4 Å². The molecular weight excluding hydrogens is 566 g/mol. The van der Waals surface area contributed by atoms with Crippen LogP contribution in [0.4, 0.5) is 0 Å². The monoisotopic (exact) mass is 609 g/mol. The summed E-state index contributed by atoms with van der Waals surface area (Å²) in [5, 5.41) is 11.2. The second-order valence-electron chi connectivity index (χ2n) is 12.0. The Kier molecular flexibility index (Phi) is 10.7. The average molecular weight is 610 g/mol. The first-order valence-corrected chi connectivity index (χ1v) is 16.0. The quantitative estimate of drug-likeness (QED) is 0.223. The van der Waals surface area contributed by atoms with Gasteiger partial charge < -0.3 is 20.4 Å². The molecule has 2 aliphatic heterocycles. The van der Waals surface area contributed by atoms with E-state index in [-0.39, 0.29) is 29.6 Å². The van der Waals surface area contributed by atoms with Gasteiger partial charge in [0.2, 0.25) is 0 Å². The molecule has 0 unspecified atom stereocenters. The van der Waals surface area contributed by atoms with Crippen LogP contribution in [0.1, 0.15) is 87.8 Å². The highest BCUT2D eigenvalue weighted by Crippen LogP contribution is 2.24. The van der Waals surface area contributed by atoms with Gasteiger partial charge in [0.25, 0.3) is 11.8 Å². The molecule has 5 rings (SSSR count). The van der Waals surface area contributed by atoms with Gasteiger partial charge >= 0.3 is 0 Å². The Hall–Kier alpha value is -4.37. The highest BCUT2D eigenvalue weighted by atomic mass is 16.5. The van der Waals surface area contributed by atoms with E-state index in [1.165, 1.54) is 11.8 Å². The number of ether oxygens (including phenoxy) is 1. The van der Waals surface area contributed by atoms with Crippen LogP contribution in [-0.2, 0) is 6.54 Å². The van der Waals surface area contributed by atoms with Crippen molar-refractivity contribution in [3.8, 4) is 5.75 Å². The molecule has 0 spiro atoms. The van der Waals surface area contributed by atoms with Gasteiger partial charge in [0.05, 0.1) is 12.7 Å². The van der Waals surface area contributed by atoms with E-state index in [0.717, 1.165) is 50.9 Å². The van der Waals surface area contributed by atoms with Gasteiger partial charge in [-0.3, -0.25) is 24.3 Å². The molecule has 45 heavy (non-hydrogen) atoms. The number of nitrogens with zero attached hydrogens (tertiary/aromatic N) is 3. The number of aromatic nitrogens is 1. The number of carbonyl (C=O) groups excluding carboxylic acids is 3. The highest BCUT2D eigenvalue weighted by Gasteiger charge is 2.29. The van der Waals surface area contributed by atoms with Gasteiger partial charge in [-0.25, -0.2) is 0 Å². The lowest BCUT2D eigenvalue weighted by Crippen LogP contribution is -2.44. The number of hydrogen-bond acceptors (Lipinski definition) is 7. The maximum absolute atomic E-state index is 13.1. The zero-order valence-electron chi connectivity index (χ0n) is 26.3. The second-order valence-corrected chi connectivity index (χ2v) is 12.0. The van der Waals surface area contributed by atoms with Crippen molar-refractivity contribution in [2.75, 3.05) is 33.3 Å². The van der Waals surface area contributed by atoms with Crippen molar-refractivity contribution in [1.29, 1.82) is 5.41 Å². The zero-order chi connectivity index (χ0) is 31.8. The molecule has 2 aromatic carbocycles. The summed E-state index contributed by atoms with van der Waals surface area (Å²) < 4.78 is 5.17. The molecule has 0 radical (unpaired) electrons. The number of piperidine rings is 2. The minimum atomic E-state index is -0.226.